The van der Waals surface area contributed by atoms with Crippen molar-refractivity contribution < 1.29 is 0 Å². The summed E-state index contributed by atoms with van der Waals surface area (Å²) in [5, 5.41) is 5.66. The van der Waals surface area contributed by atoms with Gasteiger partial charge in [-0.25, -0.2) is 0 Å². The average molecular weight is 273 g/mol. The molecule has 104 valence electrons. The van der Waals surface area contributed by atoms with Crippen LogP contribution in [0, 0.1) is 0 Å². The molecule has 1 saturated heterocycles. The zero-order valence-electron chi connectivity index (χ0n) is 12.2. The smallest absolute Gasteiger partial charge is 0.0140 e. The molecule has 1 heterocycles. The van der Waals surface area contributed by atoms with Crippen LogP contribution in [0.25, 0.3) is 21.5 Å². The van der Waals surface area contributed by atoms with E-state index in [0.29, 0.717) is 0 Å². The second-order valence-corrected chi connectivity index (χ2v) is 6.52. The largest absolute Gasteiger partial charge is 0.298 e. The lowest BCUT2D eigenvalue weighted by molar-refractivity contribution is 0.360. The van der Waals surface area contributed by atoms with Crippen molar-refractivity contribution >= 4 is 21.5 Å². The first-order chi connectivity index (χ1) is 10.4. The number of hydrogen-bond donors (Lipinski definition) is 0. The van der Waals surface area contributed by atoms with Crippen LogP contribution in [0.4, 0.5) is 0 Å². The SMILES string of the molecule is c1ccc2c(c1)ccc1c3c(ccc12)CCC(N1CC1)C3. The molecule has 3 aromatic rings. The van der Waals surface area contributed by atoms with E-state index in [2.05, 4.69) is 53.4 Å². The molecule has 1 aliphatic heterocycles. The molecule has 5 rings (SSSR count). The molecule has 21 heavy (non-hydrogen) atoms. The van der Waals surface area contributed by atoms with Gasteiger partial charge in [-0.2, -0.15) is 0 Å². The van der Waals surface area contributed by atoms with Crippen LogP contribution >= 0.6 is 0 Å². The van der Waals surface area contributed by atoms with Crippen molar-refractivity contribution in [2.75, 3.05) is 13.1 Å². The first-order valence-electron chi connectivity index (χ1n) is 8.06. The van der Waals surface area contributed by atoms with E-state index in [1.54, 1.807) is 11.1 Å². The van der Waals surface area contributed by atoms with Gasteiger partial charge in [-0.3, -0.25) is 4.90 Å². The molecule has 1 aliphatic carbocycles. The molecular formula is C20H19N. The van der Waals surface area contributed by atoms with Gasteiger partial charge in [-0.15, -0.1) is 0 Å². The normalized spacial score (nSPS) is 21.6. The van der Waals surface area contributed by atoms with E-state index in [1.165, 1.54) is 53.9 Å². The van der Waals surface area contributed by atoms with Gasteiger partial charge in [0.1, 0.15) is 0 Å². The maximum absolute atomic E-state index is 2.63. The van der Waals surface area contributed by atoms with Crippen LogP contribution in [0.1, 0.15) is 17.5 Å². The van der Waals surface area contributed by atoms with Crippen molar-refractivity contribution in [1.82, 2.24) is 4.90 Å². The predicted molar refractivity (Wildman–Crippen MR) is 88.8 cm³/mol. The fraction of sp³-hybridized carbons (Fsp3) is 0.300. The fourth-order valence-corrected chi connectivity index (χ4v) is 4.07. The summed E-state index contributed by atoms with van der Waals surface area (Å²) < 4.78 is 0. The van der Waals surface area contributed by atoms with E-state index < -0.39 is 0 Å². The number of fused-ring (bicyclic) bond motifs is 5. The van der Waals surface area contributed by atoms with Crippen LogP contribution in [0.15, 0.2) is 48.5 Å². The van der Waals surface area contributed by atoms with Crippen molar-refractivity contribution in [2.24, 2.45) is 0 Å². The van der Waals surface area contributed by atoms with Crippen LogP contribution in [-0.4, -0.2) is 24.0 Å². The summed E-state index contributed by atoms with van der Waals surface area (Å²) in [4.78, 5) is 2.63. The van der Waals surface area contributed by atoms with Gasteiger partial charge < -0.3 is 0 Å². The quantitative estimate of drug-likeness (QED) is 0.475. The number of hydrogen-bond acceptors (Lipinski definition) is 1. The molecule has 0 bridgehead atoms. The topological polar surface area (TPSA) is 3.01 Å². The molecule has 1 fully saturated rings. The number of rotatable bonds is 1. The Balaban J connectivity index is 1.75. The van der Waals surface area contributed by atoms with Crippen molar-refractivity contribution in [2.45, 2.75) is 25.3 Å². The molecule has 0 radical (unpaired) electrons. The van der Waals surface area contributed by atoms with Crippen LogP contribution in [0.3, 0.4) is 0 Å². The maximum Gasteiger partial charge on any atom is 0.0140 e. The maximum atomic E-state index is 2.63. The Morgan fingerprint density at radius 2 is 1.67 bits per heavy atom. The average Bonchev–Trinajstić information content (AvgIpc) is 3.38. The Kier molecular flexibility index (Phi) is 2.42. The Labute approximate surface area is 125 Å². The lowest BCUT2D eigenvalue weighted by Crippen LogP contribution is -2.27. The van der Waals surface area contributed by atoms with Crippen molar-refractivity contribution in [3.05, 3.63) is 59.7 Å². The second kappa shape index (κ2) is 4.32. The monoisotopic (exact) mass is 273 g/mol. The second-order valence-electron chi connectivity index (χ2n) is 6.52. The van der Waals surface area contributed by atoms with Crippen LogP contribution in [0.2, 0.25) is 0 Å². The Bertz CT molecular complexity index is 845. The summed E-state index contributed by atoms with van der Waals surface area (Å²) in [7, 11) is 0. The van der Waals surface area contributed by atoms with E-state index in [0.717, 1.165) is 6.04 Å². The van der Waals surface area contributed by atoms with Crippen molar-refractivity contribution in [3.8, 4) is 0 Å². The highest BCUT2D eigenvalue weighted by molar-refractivity contribution is 6.08. The third kappa shape index (κ3) is 1.81. The van der Waals surface area contributed by atoms with Crippen LogP contribution in [0.5, 0.6) is 0 Å². The summed E-state index contributed by atoms with van der Waals surface area (Å²) >= 11 is 0. The van der Waals surface area contributed by atoms with E-state index in [-0.39, 0.29) is 0 Å². The molecule has 3 aromatic carbocycles. The van der Waals surface area contributed by atoms with E-state index in [4.69, 9.17) is 0 Å². The minimum absolute atomic E-state index is 0.787. The standard InChI is InChI=1S/C20H19N/c1-2-4-17-14(3-1)6-10-19-18(17)9-7-15-5-8-16(13-20(15)19)21-11-12-21/h1-4,6-7,9-10,16H,5,8,11-13H2. The van der Waals surface area contributed by atoms with E-state index >= 15 is 0 Å². The molecule has 0 N–H and O–H groups in total. The minimum atomic E-state index is 0.787. The van der Waals surface area contributed by atoms with Crippen LogP contribution < -0.4 is 0 Å². The Morgan fingerprint density at radius 3 is 2.57 bits per heavy atom. The molecule has 2 aliphatic rings. The summed E-state index contributed by atoms with van der Waals surface area (Å²) in [6, 6.07) is 18.9. The molecule has 1 heteroatoms. The van der Waals surface area contributed by atoms with Gasteiger partial charge in [-0.05, 0) is 51.9 Å². The molecule has 0 spiro atoms. The van der Waals surface area contributed by atoms with Gasteiger partial charge in [-0.1, -0.05) is 48.5 Å². The third-order valence-corrected chi connectivity index (χ3v) is 5.32. The van der Waals surface area contributed by atoms with E-state index in [9.17, 15) is 0 Å². The summed E-state index contributed by atoms with van der Waals surface area (Å²) in [6.07, 6.45) is 3.83. The lowest BCUT2D eigenvalue weighted by Gasteiger charge is -2.27. The molecule has 0 saturated carbocycles. The van der Waals surface area contributed by atoms with Gasteiger partial charge in [0.15, 0.2) is 0 Å². The van der Waals surface area contributed by atoms with Crippen molar-refractivity contribution in [3.63, 3.8) is 0 Å². The van der Waals surface area contributed by atoms with E-state index in [1.807, 2.05) is 0 Å². The predicted octanol–water partition coefficient (Wildman–Crippen LogP) is 4.17. The third-order valence-electron chi connectivity index (χ3n) is 5.32. The fourth-order valence-electron chi connectivity index (χ4n) is 4.07. The van der Waals surface area contributed by atoms with Gasteiger partial charge in [0, 0.05) is 19.1 Å². The highest BCUT2D eigenvalue weighted by Crippen LogP contribution is 2.35. The summed E-state index contributed by atoms with van der Waals surface area (Å²) in [5.41, 5.74) is 3.19. The highest BCUT2D eigenvalue weighted by atomic mass is 15.3. The summed E-state index contributed by atoms with van der Waals surface area (Å²) in [5.74, 6) is 0. The molecule has 1 atom stereocenters. The van der Waals surface area contributed by atoms with Gasteiger partial charge in [0.05, 0.1) is 0 Å². The lowest BCUT2D eigenvalue weighted by atomic mass is 9.84. The Hall–Kier alpha value is -1.86. The molecule has 1 nitrogen and oxygen atoms in total. The summed E-state index contributed by atoms with van der Waals surface area (Å²) in [6.45, 7) is 2.63. The zero-order valence-corrected chi connectivity index (χ0v) is 12.2. The van der Waals surface area contributed by atoms with Crippen LogP contribution in [-0.2, 0) is 12.8 Å². The molecule has 0 amide bonds. The Morgan fingerprint density at radius 1 is 0.810 bits per heavy atom. The first-order valence-corrected chi connectivity index (χ1v) is 8.06. The van der Waals surface area contributed by atoms with Gasteiger partial charge >= 0.3 is 0 Å². The minimum Gasteiger partial charge on any atom is -0.298 e. The van der Waals surface area contributed by atoms with Gasteiger partial charge in [0.2, 0.25) is 0 Å². The number of nitrogens with zero attached hydrogens (tertiary/aromatic N) is 1. The first kappa shape index (κ1) is 11.8. The zero-order chi connectivity index (χ0) is 13.8. The number of benzene rings is 3. The highest BCUT2D eigenvalue weighted by Gasteiger charge is 2.31. The molecule has 0 aromatic heterocycles. The molecular weight excluding hydrogens is 254 g/mol. The molecule has 1 unspecified atom stereocenters. The van der Waals surface area contributed by atoms with Crippen molar-refractivity contribution in [1.29, 1.82) is 0 Å². The van der Waals surface area contributed by atoms with Gasteiger partial charge in [0.25, 0.3) is 0 Å². The number of aryl methyl sites for hydroxylation is 1.